The summed E-state index contributed by atoms with van der Waals surface area (Å²) >= 11 is 1.54. The second kappa shape index (κ2) is 5.59. The van der Waals surface area contributed by atoms with Gasteiger partial charge in [0.25, 0.3) is 10.0 Å². The quantitative estimate of drug-likeness (QED) is 0.902. The molecule has 5 nitrogen and oxygen atoms in total. The van der Waals surface area contributed by atoms with Crippen LogP contribution in [0.4, 0.5) is 0 Å². The number of hydrogen-bond donors (Lipinski definition) is 2. The normalized spacial score (nSPS) is 19.2. The van der Waals surface area contributed by atoms with Crippen molar-refractivity contribution < 1.29 is 13.5 Å². The largest absolute Gasteiger partial charge is 0.396 e. The maximum absolute atomic E-state index is 12.1. The summed E-state index contributed by atoms with van der Waals surface area (Å²) in [5.74, 6) is 0.345. The van der Waals surface area contributed by atoms with Gasteiger partial charge in [0.1, 0.15) is 5.84 Å². The zero-order valence-corrected chi connectivity index (χ0v) is 12.7. The Morgan fingerprint density at radius 1 is 1.24 bits per heavy atom. The van der Waals surface area contributed by atoms with Crippen LogP contribution in [-0.2, 0) is 10.0 Å². The Morgan fingerprint density at radius 2 is 2.05 bits per heavy atom. The van der Waals surface area contributed by atoms with Crippen LogP contribution >= 0.6 is 11.3 Å². The lowest BCUT2D eigenvalue weighted by Gasteiger charge is -2.10. The minimum Gasteiger partial charge on any atom is -0.396 e. The standard InChI is InChI=1S/C14H14N2O3S2/c17-8-7-11(12-5-3-9-20-12)15-14-10-4-1-2-6-13(10)21(18,19)16-14/h1-6,9,11,17H,7-8H2,(H,15,16). The van der Waals surface area contributed by atoms with Crippen LogP contribution in [0, 0.1) is 0 Å². The molecule has 1 aliphatic heterocycles. The number of aliphatic hydroxyl groups is 1. The van der Waals surface area contributed by atoms with Crippen molar-refractivity contribution in [2.75, 3.05) is 6.61 Å². The second-order valence-electron chi connectivity index (χ2n) is 4.62. The number of nitrogens with one attached hydrogen (secondary N) is 1. The first-order valence-corrected chi connectivity index (χ1v) is 8.82. The fourth-order valence-electron chi connectivity index (χ4n) is 2.26. The highest BCUT2D eigenvalue weighted by atomic mass is 32.2. The van der Waals surface area contributed by atoms with Crippen LogP contribution in [0.15, 0.2) is 51.7 Å². The van der Waals surface area contributed by atoms with Crippen molar-refractivity contribution in [2.45, 2.75) is 17.4 Å². The van der Waals surface area contributed by atoms with E-state index in [0.717, 1.165) is 4.88 Å². The summed E-state index contributed by atoms with van der Waals surface area (Å²) in [7, 11) is -3.52. The van der Waals surface area contributed by atoms with Gasteiger partial charge in [-0.1, -0.05) is 18.2 Å². The molecule has 0 spiro atoms. The molecule has 1 aromatic carbocycles. The number of amidine groups is 1. The van der Waals surface area contributed by atoms with Gasteiger partial charge in [-0.15, -0.1) is 11.3 Å². The number of benzene rings is 1. The van der Waals surface area contributed by atoms with Crippen LogP contribution in [0.1, 0.15) is 22.9 Å². The molecule has 0 saturated heterocycles. The molecular weight excluding hydrogens is 308 g/mol. The van der Waals surface area contributed by atoms with Gasteiger partial charge in [0.2, 0.25) is 0 Å². The summed E-state index contributed by atoms with van der Waals surface area (Å²) in [4.78, 5) is 5.77. The van der Waals surface area contributed by atoms with Gasteiger partial charge >= 0.3 is 0 Å². The van der Waals surface area contributed by atoms with E-state index < -0.39 is 10.0 Å². The van der Waals surface area contributed by atoms with E-state index in [9.17, 15) is 13.5 Å². The molecule has 1 atom stereocenters. The molecule has 110 valence electrons. The maximum atomic E-state index is 12.1. The number of aliphatic hydroxyl groups excluding tert-OH is 1. The van der Waals surface area contributed by atoms with Crippen molar-refractivity contribution in [3.05, 3.63) is 52.2 Å². The maximum Gasteiger partial charge on any atom is 0.263 e. The third-order valence-corrected chi connectivity index (χ3v) is 5.59. The second-order valence-corrected chi connectivity index (χ2v) is 7.25. The Balaban J connectivity index is 2.04. The monoisotopic (exact) mass is 322 g/mol. The topological polar surface area (TPSA) is 78.8 Å². The van der Waals surface area contributed by atoms with Crippen LogP contribution in [-0.4, -0.2) is 26.0 Å². The Bertz CT molecular complexity index is 767. The molecule has 2 heterocycles. The Labute approximate surface area is 127 Å². The van der Waals surface area contributed by atoms with Crippen LogP contribution in [0.25, 0.3) is 0 Å². The van der Waals surface area contributed by atoms with E-state index in [-0.39, 0.29) is 17.5 Å². The lowest BCUT2D eigenvalue weighted by atomic mass is 10.1. The first-order chi connectivity index (χ1) is 10.1. The number of thiophene rings is 1. The molecule has 1 aromatic heterocycles. The van der Waals surface area contributed by atoms with Gasteiger partial charge in [-0.05, 0) is 30.0 Å². The average Bonchev–Trinajstić information content (AvgIpc) is 3.07. The molecule has 0 saturated carbocycles. The molecule has 0 bridgehead atoms. The molecule has 3 rings (SSSR count). The molecule has 2 N–H and O–H groups in total. The molecule has 0 radical (unpaired) electrons. The van der Waals surface area contributed by atoms with Crippen LogP contribution < -0.4 is 4.72 Å². The lowest BCUT2D eigenvalue weighted by molar-refractivity contribution is 0.277. The molecule has 7 heteroatoms. The van der Waals surface area contributed by atoms with Gasteiger partial charge in [-0.25, -0.2) is 8.42 Å². The minimum atomic E-state index is -3.52. The van der Waals surface area contributed by atoms with Crippen LogP contribution in [0.2, 0.25) is 0 Å². The first kappa shape index (κ1) is 14.2. The van der Waals surface area contributed by atoms with Gasteiger partial charge in [-0.2, -0.15) is 0 Å². The van der Waals surface area contributed by atoms with E-state index in [2.05, 4.69) is 9.71 Å². The highest BCUT2D eigenvalue weighted by Crippen LogP contribution is 2.29. The van der Waals surface area contributed by atoms with Crippen molar-refractivity contribution in [1.29, 1.82) is 0 Å². The average molecular weight is 322 g/mol. The van der Waals surface area contributed by atoms with E-state index in [4.69, 9.17) is 0 Å². The number of rotatable bonds is 4. The molecule has 0 fully saturated rings. The summed E-state index contributed by atoms with van der Waals surface area (Å²) in [6.07, 6.45) is 0.452. The van der Waals surface area contributed by atoms with Crippen molar-refractivity contribution in [3.8, 4) is 0 Å². The molecule has 0 amide bonds. The molecule has 2 aromatic rings. The number of nitrogens with zero attached hydrogens (tertiary/aromatic N) is 1. The van der Waals surface area contributed by atoms with E-state index >= 15 is 0 Å². The molecule has 1 unspecified atom stereocenters. The Hall–Kier alpha value is -1.70. The van der Waals surface area contributed by atoms with Gasteiger partial charge in [0, 0.05) is 17.0 Å². The summed E-state index contributed by atoms with van der Waals surface area (Å²) in [6.45, 7) is -0.00621. The third kappa shape index (κ3) is 2.72. The smallest absolute Gasteiger partial charge is 0.263 e. The van der Waals surface area contributed by atoms with E-state index in [0.29, 0.717) is 17.8 Å². The summed E-state index contributed by atoms with van der Waals surface area (Å²) < 4.78 is 26.6. The van der Waals surface area contributed by atoms with Crippen molar-refractivity contribution in [1.82, 2.24) is 4.72 Å². The fourth-order valence-corrected chi connectivity index (χ4v) is 4.30. The molecule has 21 heavy (non-hydrogen) atoms. The van der Waals surface area contributed by atoms with Crippen molar-refractivity contribution in [3.63, 3.8) is 0 Å². The van der Waals surface area contributed by atoms with Gasteiger partial charge in [-0.3, -0.25) is 9.71 Å². The van der Waals surface area contributed by atoms with E-state index in [1.807, 2.05) is 17.5 Å². The predicted molar refractivity (Wildman–Crippen MR) is 82.1 cm³/mol. The van der Waals surface area contributed by atoms with Crippen LogP contribution in [0.3, 0.4) is 0 Å². The zero-order chi connectivity index (χ0) is 14.9. The SMILES string of the molecule is O=S1(=O)NC(=NC(CCO)c2cccs2)c2ccccc21. The number of hydrogen-bond acceptors (Lipinski definition) is 5. The highest BCUT2D eigenvalue weighted by Gasteiger charge is 2.31. The summed E-state index contributed by atoms with van der Waals surface area (Å²) in [5, 5.41) is 11.1. The summed E-state index contributed by atoms with van der Waals surface area (Å²) in [6, 6.07) is 10.4. The van der Waals surface area contributed by atoms with Crippen LogP contribution in [0.5, 0.6) is 0 Å². The Morgan fingerprint density at radius 3 is 2.76 bits per heavy atom. The molecule has 0 aliphatic carbocycles. The number of aliphatic imine (C=N–C) groups is 1. The Kier molecular flexibility index (Phi) is 3.79. The predicted octanol–water partition coefficient (Wildman–Crippen LogP) is 1.91. The fraction of sp³-hybridized carbons (Fsp3) is 0.214. The van der Waals surface area contributed by atoms with Gasteiger partial charge in [0.15, 0.2) is 0 Å². The first-order valence-electron chi connectivity index (χ1n) is 6.46. The van der Waals surface area contributed by atoms with E-state index in [1.165, 1.54) is 0 Å². The third-order valence-electron chi connectivity index (χ3n) is 3.22. The van der Waals surface area contributed by atoms with Crippen molar-refractivity contribution >= 4 is 27.2 Å². The number of sulfonamides is 1. The van der Waals surface area contributed by atoms with Gasteiger partial charge < -0.3 is 5.11 Å². The number of fused-ring (bicyclic) bond motifs is 1. The zero-order valence-electron chi connectivity index (χ0n) is 11.1. The van der Waals surface area contributed by atoms with E-state index in [1.54, 1.807) is 35.6 Å². The lowest BCUT2D eigenvalue weighted by Crippen LogP contribution is -2.23. The van der Waals surface area contributed by atoms with Gasteiger partial charge in [0.05, 0.1) is 10.9 Å². The molecule has 1 aliphatic rings. The minimum absolute atomic E-state index is 0.00621. The molecular formula is C14H14N2O3S2. The van der Waals surface area contributed by atoms with Crippen molar-refractivity contribution in [2.24, 2.45) is 4.99 Å². The summed E-state index contributed by atoms with van der Waals surface area (Å²) in [5.41, 5.74) is 0.581. The highest BCUT2D eigenvalue weighted by molar-refractivity contribution is 7.90.